The summed E-state index contributed by atoms with van der Waals surface area (Å²) in [6.07, 6.45) is 0.512. The van der Waals surface area contributed by atoms with Gasteiger partial charge in [-0.3, -0.25) is 4.79 Å². The first-order valence-electron chi connectivity index (χ1n) is 9.47. The maximum Gasteiger partial charge on any atom is 0.355 e. The van der Waals surface area contributed by atoms with E-state index in [0.717, 1.165) is 16.1 Å². The average molecular weight is 432 g/mol. The lowest BCUT2D eigenvalue weighted by molar-refractivity contribution is -0.138. The Labute approximate surface area is 172 Å². The van der Waals surface area contributed by atoms with Gasteiger partial charge in [0.2, 0.25) is 11.7 Å². The van der Waals surface area contributed by atoms with Gasteiger partial charge in [0.1, 0.15) is 5.71 Å². The molecule has 158 valence electrons. The summed E-state index contributed by atoms with van der Waals surface area (Å²) in [7, 11) is -3.18. The number of carbonyl (C=O) groups is 2. The zero-order valence-corrected chi connectivity index (χ0v) is 17.1. The third kappa shape index (κ3) is 4.40. The Morgan fingerprint density at radius 1 is 1.27 bits per heavy atom. The van der Waals surface area contributed by atoms with Crippen LogP contribution in [0.5, 0.6) is 0 Å². The van der Waals surface area contributed by atoms with Crippen molar-refractivity contribution in [2.45, 2.75) is 38.8 Å². The van der Waals surface area contributed by atoms with Crippen LogP contribution in [0.3, 0.4) is 0 Å². The first kappa shape index (κ1) is 20.2. The van der Waals surface area contributed by atoms with Crippen molar-refractivity contribution in [2.24, 2.45) is 5.10 Å². The number of amides is 1. The van der Waals surface area contributed by atoms with Crippen LogP contribution in [0.1, 0.15) is 30.7 Å². The van der Waals surface area contributed by atoms with E-state index >= 15 is 0 Å². The van der Waals surface area contributed by atoms with Gasteiger partial charge < -0.3 is 9.26 Å². The molecule has 0 radical (unpaired) electrons. The number of benzene rings is 1. The number of rotatable bonds is 5. The Kier molecular flexibility index (Phi) is 5.37. The van der Waals surface area contributed by atoms with E-state index in [1.807, 2.05) is 31.2 Å². The van der Waals surface area contributed by atoms with Crippen LogP contribution in [0.4, 0.5) is 0 Å². The zero-order chi connectivity index (χ0) is 21.3. The maximum atomic E-state index is 12.4. The number of sulfone groups is 1. The third-order valence-corrected chi connectivity index (χ3v) is 6.70. The Morgan fingerprint density at radius 3 is 2.73 bits per heavy atom. The molecule has 0 bridgehead atoms. The first-order chi connectivity index (χ1) is 14.3. The minimum absolute atomic E-state index is 0.0111. The number of hydrogen-bond donors (Lipinski definition) is 0. The Bertz CT molecular complexity index is 1110. The van der Waals surface area contributed by atoms with Crippen LogP contribution in [0.15, 0.2) is 33.9 Å². The number of aryl methyl sites for hydroxylation is 1. The van der Waals surface area contributed by atoms with Crippen molar-refractivity contribution in [1.82, 2.24) is 15.1 Å². The second kappa shape index (κ2) is 7.98. The molecule has 1 saturated heterocycles. The molecule has 0 saturated carbocycles. The summed E-state index contributed by atoms with van der Waals surface area (Å²) in [5, 5.41) is 9.07. The fourth-order valence-corrected chi connectivity index (χ4v) is 5.01. The molecular formula is C19H20N4O6S. The largest absolute Gasteiger partial charge is 0.451 e. The Balaban J connectivity index is 1.39. The normalized spacial score (nSPS) is 20.8. The van der Waals surface area contributed by atoms with E-state index in [0.29, 0.717) is 12.2 Å². The van der Waals surface area contributed by atoms with Gasteiger partial charge in [0.15, 0.2) is 16.4 Å². The molecule has 4 rings (SSSR count). The van der Waals surface area contributed by atoms with E-state index in [1.54, 1.807) is 0 Å². The van der Waals surface area contributed by atoms with Crippen LogP contribution in [0, 0.1) is 6.92 Å². The average Bonchev–Trinajstić information content (AvgIpc) is 3.33. The van der Waals surface area contributed by atoms with E-state index in [2.05, 4.69) is 15.2 Å². The van der Waals surface area contributed by atoms with Gasteiger partial charge in [-0.1, -0.05) is 35.0 Å². The number of carbonyl (C=O) groups excluding carboxylic acids is 2. The van der Waals surface area contributed by atoms with Crippen LogP contribution in [-0.4, -0.2) is 58.7 Å². The van der Waals surface area contributed by atoms with E-state index in [9.17, 15) is 18.0 Å². The van der Waals surface area contributed by atoms with Crippen LogP contribution >= 0.6 is 0 Å². The SMILES string of the molecule is Cc1ccc(-c2noc(COC(=O)C3=NN(C4CCS(=O)(=O)C4)C(=O)CC3)n2)cc1. The highest BCUT2D eigenvalue weighted by molar-refractivity contribution is 7.91. The zero-order valence-electron chi connectivity index (χ0n) is 16.3. The first-order valence-corrected chi connectivity index (χ1v) is 11.3. The Hall–Kier alpha value is -3.08. The van der Waals surface area contributed by atoms with Gasteiger partial charge in [0.25, 0.3) is 5.89 Å². The van der Waals surface area contributed by atoms with Crippen molar-refractivity contribution in [2.75, 3.05) is 11.5 Å². The second-order valence-electron chi connectivity index (χ2n) is 7.30. The highest BCUT2D eigenvalue weighted by Gasteiger charge is 2.37. The molecule has 2 aliphatic rings. The molecule has 11 heteroatoms. The van der Waals surface area contributed by atoms with Gasteiger partial charge >= 0.3 is 5.97 Å². The molecule has 1 atom stereocenters. The summed E-state index contributed by atoms with van der Waals surface area (Å²) in [6, 6.07) is 7.03. The van der Waals surface area contributed by atoms with Crippen molar-refractivity contribution in [3.63, 3.8) is 0 Å². The van der Waals surface area contributed by atoms with Gasteiger partial charge in [-0.15, -0.1) is 0 Å². The summed E-state index contributed by atoms with van der Waals surface area (Å²) >= 11 is 0. The lowest BCUT2D eigenvalue weighted by Crippen LogP contribution is -2.42. The van der Waals surface area contributed by atoms with E-state index in [4.69, 9.17) is 9.26 Å². The molecular weight excluding hydrogens is 412 g/mol. The van der Waals surface area contributed by atoms with Gasteiger partial charge in [-0.05, 0) is 13.3 Å². The molecule has 2 aromatic rings. The maximum absolute atomic E-state index is 12.4. The summed E-state index contributed by atoms with van der Waals surface area (Å²) in [6.45, 7) is 1.74. The van der Waals surface area contributed by atoms with Crippen molar-refractivity contribution in [1.29, 1.82) is 0 Å². The molecule has 0 N–H and O–H groups in total. The van der Waals surface area contributed by atoms with Gasteiger partial charge in [0.05, 0.1) is 17.5 Å². The van der Waals surface area contributed by atoms with E-state index < -0.39 is 21.8 Å². The monoisotopic (exact) mass is 432 g/mol. The molecule has 1 fully saturated rings. The molecule has 1 aromatic carbocycles. The van der Waals surface area contributed by atoms with Crippen LogP contribution in [-0.2, 0) is 30.8 Å². The predicted octanol–water partition coefficient (Wildman–Crippen LogP) is 1.25. The van der Waals surface area contributed by atoms with Crippen molar-refractivity contribution >= 4 is 27.4 Å². The van der Waals surface area contributed by atoms with Crippen molar-refractivity contribution in [3.05, 3.63) is 35.7 Å². The van der Waals surface area contributed by atoms with Gasteiger partial charge in [0, 0.05) is 18.4 Å². The van der Waals surface area contributed by atoms with E-state index in [-0.39, 0.29) is 48.5 Å². The van der Waals surface area contributed by atoms with Gasteiger partial charge in [-0.25, -0.2) is 18.2 Å². The summed E-state index contributed by atoms with van der Waals surface area (Å²) in [4.78, 5) is 28.7. The fraction of sp³-hybridized carbons (Fsp3) is 0.421. The van der Waals surface area contributed by atoms with Crippen LogP contribution in [0.25, 0.3) is 11.4 Å². The highest BCUT2D eigenvalue weighted by Crippen LogP contribution is 2.22. The lowest BCUT2D eigenvalue weighted by Gasteiger charge is -2.27. The number of nitrogens with zero attached hydrogens (tertiary/aromatic N) is 4. The molecule has 1 unspecified atom stereocenters. The number of hydrogen-bond acceptors (Lipinski definition) is 9. The minimum Gasteiger partial charge on any atom is -0.451 e. The quantitative estimate of drug-likeness (QED) is 0.645. The summed E-state index contributed by atoms with van der Waals surface area (Å²) < 4.78 is 33.7. The molecule has 10 nitrogen and oxygen atoms in total. The third-order valence-electron chi connectivity index (χ3n) is 4.95. The van der Waals surface area contributed by atoms with Gasteiger partial charge in [-0.2, -0.15) is 10.1 Å². The second-order valence-corrected chi connectivity index (χ2v) is 9.52. The molecule has 1 amide bonds. The highest BCUT2D eigenvalue weighted by atomic mass is 32.2. The predicted molar refractivity (Wildman–Crippen MR) is 105 cm³/mol. The number of ether oxygens (including phenoxy) is 1. The topological polar surface area (TPSA) is 132 Å². The van der Waals surface area contributed by atoms with Crippen LogP contribution < -0.4 is 0 Å². The van der Waals surface area contributed by atoms with Crippen molar-refractivity contribution in [3.8, 4) is 11.4 Å². The van der Waals surface area contributed by atoms with E-state index in [1.165, 1.54) is 0 Å². The molecule has 30 heavy (non-hydrogen) atoms. The number of esters is 1. The number of aromatic nitrogens is 2. The smallest absolute Gasteiger partial charge is 0.355 e. The molecule has 1 aromatic heterocycles. The standard InChI is InChI=1S/C19H20N4O6S/c1-12-2-4-13(5-3-12)18-20-16(29-22-18)10-28-19(25)15-6-7-17(24)23(21-15)14-8-9-30(26,27)11-14/h2-5,14H,6-11H2,1H3. The summed E-state index contributed by atoms with van der Waals surface area (Å²) in [5.41, 5.74) is 1.95. The number of hydrazone groups is 1. The Morgan fingerprint density at radius 2 is 2.03 bits per heavy atom. The van der Waals surface area contributed by atoms with Crippen LogP contribution in [0.2, 0.25) is 0 Å². The summed E-state index contributed by atoms with van der Waals surface area (Å²) in [5.74, 6) is -0.622. The molecule has 0 spiro atoms. The van der Waals surface area contributed by atoms with Crippen molar-refractivity contribution < 1.29 is 27.3 Å². The molecule has 0 aliphatic carbocycles. The molecule has 2 aliphatic heterocycles. The minimum atomic E-state index is -3.18. The fourth-order valence-electron chi connectivity index (χ4n) is 3.32. The molecule has 3 heterocycles. The lowest BCUT2D eigenvalue weighted by atomic mass is 10.1.